The van der Waals surface area contributed by atoms with E-state index in [-0.39, 0.29) is 30.2 Å². The molecule has 0 heterocycles. The van der Waals surface area contributed by atoms with E-state index in [2.05, 4.69) is 4.74 Å². The number of anilines is 1. The summed E-state index contributed by atoms with van der Waals surface area (Å²) in [5.74, 6) is -3.15. The van der Waals surface area contributed by atoms with Gasteiger partial charge in [-0.1, -0.05) is 0 Å². The molecule has 0 aromatic heterocycles. The van der Waals surface area contributed by atoms with Gasteiger partial charge in [0.05, 0.1) is 12.7 Å². The van der Waals surface area contributed by atoms with Crippen LogP contribution in [-0.2, 0) is 9.53 Å². The van der Waals surface area contributed by atoms with Crippen LogP contribution >= 0.6 is 0 Å². The second kappa shape index (κ2) is 6.83. The number of carbonyl (C=O) groups excluding carboxylic acids is 2. The monoisotopic (exact) mass is 286 g/mol. The second-order valence-corrected chi connectivity index (χ2v) is 4.26. The third-order valence-electron chi connectivity index (χ3n) is 2.77. The zero-order valence-corrected chi connectivity index (χ0v) is 11.3. The lowest BCUT2D eigenvalue weighted by Crippen LogP contribution is -2.29. The average molecular weight is 286 g/mol. The Morgan fingerprint density at radius 1 is 1.30 bits per heavy atom. The number of benzene rings is 1. The number of hydrogen-bond donors (Lipinski definition) is 1. The average Bonchev–Trinajstić information content (AvgIpc) is 2.41. The van der Waals surface area contributed by atoms with E-state index in [0.717, 1.165) is 12.1 Å². The number of esters is 1. The van der Waals surface area contributed by atoms with Gasteiger partial charge in [0.25, 0.3) is 5.91 Å². The molecular formula is C13H16F2N2O3. The molecule has 110 valence electrons. The molecule has 0 aliphatic rings. The lowest BCUT2D eigenvalue weighted by Gasteiger charge is -2.18. The fourth-order valence-corrected chi connectivity index (χ4v) is 1.62. The fourth-order valence-electron chi connectivity index (χ4n) is 1.62. The quantitative estimate of drug-likeness (QED) is 0.658. The van der Waals surface area contributed by atoms with Crippen LogP contribution in [-0.4, -0.2) is 37.5 Å². The van der Waals surface area contributed by atoms with Gasteiger partial charge in [-0.15, -0.1) is 0 Å². The van der Waals surface area contributed by atoms with Gasteiger partial charge in [0.2, 0.25) is 0 Å². The molecule has 0 atom stereocenters. The number of nitrogen functional groups attached to an aromatic ring is 1. The molecule has 1 aromatic carbocycles. The maximum atomic E-state index is 13.1. The summed E-state index contributed by atoms with van der Waals surface area (Å²) in [4.78, 5) is 24.2. The summed E-state index contributed by atoms with van der Waals surface area (Å²) in [6, 6.07) is 1.54. The van der Waals surface area contributed by atoms with Crippen molar-refractivity contribution in [1.29, 1.82) is 0 Å². The highest BCUT2D eigenvalue weighted by atomic mass is 19.2. The molecule has 20 heavy (non-hydrogen) atoms. The van der Waals surface area contributed by atoms with Crippen molar-refractivity contribution in [1.82, 2.24) is 4.90 Å². The van der Waals surface area contributed by atoms with Gasteiger partial charge in [-0.2, -0.15) is 0 Å². The van der Waals surface area contributed by atoms with Gasteiger partial charge < -0.3 is 15.4 Å². The van der Waals surface area contributed by atoms with Crippen molar-refractivity contribution >= 4 is 17.6 Å². The molecule has 5 nitrogen and oxygen atoms in total. The third-order valence-corrected chi connectivity index (χ3v) is 2.77. The van der Waals surface area contributed by atoms with E-state index >= 15 is 0 Å². The van der Waals surface area contributed by atoms with Gasteiger partial charge in [-0.25, -0.2) is 8.78 Å². The van der Waals surface area contributed by atoms with Crippen LogP contribution in [0.2, 0.25) is 0 Å². The Morgan fingerprint density at radius 3 is 2.50 bits per heavy atom. The Kier molecular flexibility index (Phi) is 5.42. The molecule has 0 spiro atoms. The standard InChI is InChI=1S/C13H16F2N2O3/c1-17(5-3-4-12(18)20-2)13(19)8-6-9(14)10(15)7-11(8)16/h6-7H,3-5,16H2,1-2H3. The minimum absolute atomic E-state index is 0.107. The number of nitrogens with two attached hydrogens (primary N) is 1. The van der Waals surface area contributed by atoms with Gasteiger partial charge in [0.1, 0.15) is 0 Å². The van der Waals surface area contributed by atoms with Crippen LogP contribution in [0.5, 0.6) is 0 Å². The molecule has 1 rings (SSSR count). The first-order chi connectivity index (χ1) is 9.36. The lowest BCUT2D eigenvalue weighted by atomic mass is 10.1. The van der Waals surface area contributed by atoms with E-state index in [9.17, 15) is 18.4 Å². The Hall–Kier alpha value is -2.18. The normalized spacial score (nSPS) is 10.2. The van der Waals surface area contributed by atoms with Gasteiger partial charge >= 0.3 is 5.97 Å². The SMILES string of the molecule is COC(=O)CCCN(C)C(=O)c1cc(F)c(F)cc1N. The number of rotatable bonds is 5. The van der Waals surface area contributed by atoms with Crippen molar-refractivity contribution in [3.05, 3.63) is 29.3 Å². The van der Waals surface area contributed by atoms with Crippen LogP contribution in [0.3, 0.4) is 0 Å². The first-order valence-electron chi connectivity index (χ1n) is 5.93. The van der Waals surface area contributed by atoms with E-state index in [1.807, 2.05) is 0 Å². The van der Waals surface area contributed by atoms with Crippen molar-refractivity contribution in [2.45, 2.75) is 12.8 Å². The smallest absolute Gasteiger partial charge is 0.305 e. The van der Waals surface area contributed by atoms with Crippen LogP contribution in [0.25, 0.3) is 0 Å². The largest absolute Gasteiger partial charge is 0.469 e. The van der Waals surface area contributed by atoms with Crippen LogP contribution in [0.15, 0.2) is 12.1 Å². The molecule has 1 amide bonds. The third kappa shape index (κ3) is 3.91. The zero-order chi connectivity index (χ0) is 15.3. The van der Waals surface area contributed by atoms with E-state index in [1.54, 1.807) is 0 Å². The van der Waals surface area contributed by atoms with E-state index < -0.39 is 17.5 Å². The van der Waals surface area contributed by atoms with Crippen LogP contribution < -0.4 is 5.73 Å². The molecule has 0 aliphatic carbocycles. The first-order valence-corrected chi connectivity index (χ1v) is 5.93. The lowest BCUT2D eigenvalue weighted by molar-refractivity contribution is -0.140. The highest BCUT2D eigenvalue weighted by Crippen LogP contribution is 2.18. The fraction of sp³-hybridized carbons (Fsp3) is 0.385. The van der Waals surface area contributed by atoms with Crippen molar-refractivity contribution in [3.63, 3.8) is 0 Å². The van der Waals surface area contributed by atoms with Crippen LogP contribution in [0.4, 0.5) is 14.5 Å². The molecular weight excluding hydrogens is 270 g/mol. The molecule has 0 aliphatic heterocycles. The Balaban J connectivity index is 2.70. The summed E-state index contributed by atoms with van der Waals surface area (Å²) in [5, 5.41) is 0. The molecule has 0 radical (unpaired) electrons. The minimum Gasteiger partial charge on any atom is -0.469 e. The Bertz CT molecular complexity index is 521. The number of nitrogens with zero attached hydrogens (tertiary/aromatic N) is 1. The summed E-state index contributed by atoms with van der Waals surface area (Å²) in [7, 11) is 2.76. The van der Waals surface area contributed by atoms with E-state index in [1.165, 1.54) is 19.1 Å². The summed E-state index contributed by atoms with van der Waals surface area (Å²) < 4.78 is 30.5. The first kappa shape index (κ1) is 15.9. The molecule has 0 saturated heterocycles. The zero-order valence-electron chi connectivity index (χ0n) is 11.3. The van der Waals surface area contributed by atoms with Gasteiger partial charge in [-0.3, -0.25) is 9.59 Å². The predicted octanol–water partition coefficient (Wildman–Crippen LogP) is 1.57. The minimum atomic E-state index is -1.13. The number of amides is 1. The highest BCUT2D eigenvalue weighted by molar-refractivity contribution is 5.99. The number of ether oxygens (including phenoxy) is 1. The van der Waals surface area contributed by atoms with E-state index in [4.69, 9.17) is 5.73 Å². The van der Waals surface area contributed by atoms with Crippen molar-refractivity contribution in [3.8, 4) is 0 Å². The van der Waals surface area contributed by atoms with E-state index in [0.29, 0.717) is 6.42 Å². The molecule has 2 N–H and O–H groups in total. The summed E-state index contributed by atoms with van der Waals surface area (Å²) >= 11 is 0. The highest BCUT2D eigenvalue weighted by Gasteiger charge is 2.18. The molecule has 0 unspecified atom stereocenters. The topological polar surface area (TPSA) is 72.6 Å². The maximum Gasteiger partial charge on any atom is 0.305 e. The summed E-state index contributed by atoms with van der Waals surface area (Å²) in [6.07, 6.45) is 0.569. The molecule has 1 aromatic rings. The van der Waals surface area contributed by atoms with Gasteiger partial charge in [-0.05, 0) is 12.5 Å². The van der Waals surface area contributed by atoms with Crippen molar-refractivity contribution < 1.29 is 23.1 Å². The molecule has 7 heteroatoms. The van der Waals surface area contributed by atoms with Crippen LogP contribution in [0.1, 0.15) is 23.2 Å². The molecule has 0 bridgehead atoms. The Morgan fingerprint density at radius 2 is 1.90 bits per heavy atom. The van der Waals surface area contributed by atoms with Gasteiger partial charge in [0, 0.05) is 31.8 Å². The predicted molar refractivity (Wildman–Crippen MR) is 69.0 cm³/mol. The second-order valence-electron chi connectivity index (χ2n) is 4.26. The molecule has 0 saturated carbocycles. The van der Waals surface area contributed by atoms with Crippen molar-refractivity contribution in [2.75, 3.05) is 26.4 Å². The number of hydrogen-bond acceptors (Lipinski definition) is 4. The summed E-state index contributed by atoms with van der Waals surface area (Å²) in [5.41, 5.74) is 5.26. The van der Waals surface area contributed by atoms with Crippen LogP contribution in [0, 0.1) is 11.6 Å². The summed E-state index contributed by atoms with van der Waals surface area (Å²) in [6.45, 7) is 0.270. The van der Waals surface area contributed by atoms with Gasteiger partial charge in [0.15, 0.2) is 11.6 Å². The number of methoxy groups -OCH3 is 1. The Labute approximate surface area is 115 Å². The maximum absolute atomic E-state index is 13.1. The number of halogens is 2. The van der Waals surface area contributed by atoms with Crippen molar-refractivity contribution in [2.24, 2.45) is 0 Å². The number of carbonyl (C=O) groups is 2. The molecule has 0 fully saturated rings.